The first kappa shape index (κ1) is 15.8. The van der Waals surface area contributed by atoms with Crippen molar-refractivity contribution in [3.05, 3.63) is 28.7 Å². The van der Waals surface area contributed by atoms with Gasteiger partial charge in [0.05, 0.1) is 12.1 Å². The zero-order valence-electron chi connectivity index (χ0n) is 13.0. The Balaban J connectivity index is 2.29. The van der Waals surface area contributed by atoms with Gasteiger partial charge in [0.25, 0.3) is 0 Å². The van der Waals surface area contributed by atoms with E-state index in [-0.39, 0.29) is 23.0 Å². The van der Waals surface area contributed by atoms with E-state index in [2.05, 4.69) is 61.1 Å². The predicted molar refractivity (Wildman–Crippen MR) is 89.0 cm³/mol. The molecule has 2 rings (SSSR count). The number of rotatable bonds is 3. The van der Waals surface area contributed by atoms with Gasteiger partial charge in [0.2, 0.25) is 0 Å². The second-order valence-corrected chi connectivity index (χ2v) is 8.85. The quantitative estimate of drug-likeness (QED) is 0.826. The number of nitrogens with one attached hydrogen (secondary N) is 1. The molecule has 0 radical (unpaired) electrons. The average Bonchev–Trinajstić information content (AvgIpc) is 2.24. The molecule has 2 nitrogen and oxygen atoms in total. The molecule has 20 heavy (non-hydrogen) atoms. The van der Waals surface area contributed by atoms with Crippen molar-refractivity contribution in [2.24, 2.45) is 10.8 Å². The molecule has 112 valence electrons. The fourth-order valence-corrected chi connectivity index (χ4v) is 4.83. The van der Waals surface area contributed by atoms with Crippen LogP contribution in [0.15, 0.2) is 28.7 Å². The Kier molecular flexibility index (Phi) is 4.23. The lowest BCUT2D eigenvalue weighted by atomic mass is 9.58. The third kappa shape index (κ3) is 3.76. The van der Waals surface area contributed by atoms with E-state index in [1.165, 1.54) is 6.42 Å². The molecule has 0 aromatic heterocycles. The Labute approximate surface area is 131 Å². The van der Waals surface area contributed by atoms with Gasteiger partial charge in [0, 0.05) is 10.2 Å². The van der Waals surface area contributed by atoms with E-state index >= 15 is 0 Å². The molecule has 0 heterocycles. The molecule has 1 saturated carbocycles. The predicted octanol–water partition coefficient (Wildman–Crippen LogP) is 4.83. The van der Waals surface area contributed by atoms with E-state index in [0.717, 1.165) is 23.0 Å². The SMILES string of the molecule is CC1(C)CC(C)(C)CC(CO)(Nc2cccc(Br)c2)C1. The van der Waals surface area contributed by atoms with Crippen LogP contribution < -0.4 is 5.32 Å². The van der Waals surface area contributed by atoms with E-state index in [0.29, 0.717) is 0 Å². The van der Waals surface area contributed by atoms with E-state index < -0.39 is 0 Å². The van der Waals surface area contributed by atoms with Crippen LogP contribution in [-0.2, 0) is 0 Å². The van der Waals surface area contributed by atoms with Gasteiger partial charge in [0.1, 0.15) is 0 Å². The molecule has 1 aromatic carbocycles. The van der Waals surface area contributed by atoms with Crippen LogP contribution >= 0.6 is 15.9 Å². The Morgan fingerprint density at radius 2 is 1.70 bits per heavy atom. The van der Waals surface area contributed by atoms with Gasteiger partial charge in [-0.2, -0.15) is 0 Å². The van der Waals surface area contributed by atoms with Gasteiger partial charge in [0.15, 0.2) is 0 Å². The second-order valence-electron chi connectivity index (χ2n) is 7.93. The molecule has 0 aliphatic heterocycles. The average molecular weight is 340 g/mol. The number of anilines is 1. The van der Waals surface area contributed by atoms with Crippen molar-refractivity contribution in [3.63, 3.8) is 0 Å². The Morgan fingerprint density at radius 3 is 2.20 bits per heavy atom. The van der Waals surface area contributed by atoms with Crippen LogP contribution in [-0.4, -0.2) is 17.3 Å². The van der Waals surface area contributed by atoms with Crippen molar-refractivity contribution >= 4 is 21.6 Å². The molecule has 0 atom stereocenters. The summed E-state index contributed by atoms with van der Waals surface area (Å²) in [6.07, 6.45) is 3.18. The van der Waals surface area contributed by atoms with Gasteiger partial charge in [-0.1, -0.05) is 49.7 Å². The summed E-state index contributed by atoms with van der Waals surface area (Å²) in [6, 6.07) is 8.19. The molecule has 0 spiro atoms. The number of hydrogen-bond donors (Lipinski definition) is 2. The fraction of sp³-hybridized carbons (Fsp3) is 0.647. The lowest BCUT2D eigenvalue weighted by Crippen LogP contribution is -2.53. The second kappa shape index (κ2) is 5.34. The van der Waals surface area contributed by atoms with Crippen LogP contribution in [0.2, 0.25) is 0 Å². The maximum atomic E-state index is 10.1. The normalized spacial score (nSPS) is 23.3. The van der Waals surface area contributed by atoms with E-state index in [1.807, 2.05) is 12.1 Å². The van der Waals surface area contributed by atoms with Crippen molar-refractivity contribution in [1.82, 2.24) is 0 Å². The molecule has 1 aromatic rings. The van der Waals surface area contributed by atoms with Crippen LogP contribution in [0, 0.1) is 10.8 Å². The summed E-state index contributed by atoms with van der Waals surface area (Å²) in [4.78, 5) is 0. The summed E-state index contributed by atoms with van der Waals surface area (Å²) >= 11 is 3.51. The lowest BCUT2D eigenvalue weighted by Gasteiger charge is -2.52. The topological polar surface area (TPSA) is 32.3 Å². The number of hydrogen-bond acceptors (Lipinski definition) is 2. The minimum atomic E-state index is -0.230. The highest BCUT2D eigenvalue weighted by atomic mass is 79.9. The number of benzene rings is 1. The highest BCUT2D eigenvalue weighted by Crippen LogP contribution is 2.51. The third-order valence-corrected chi connectivity index (χ3v) is 4.62. The van der Waals surface area contributed by atoms with E-state index in [4.69, 9.17) is 0 Å². The Hall–Kier alpha value is -0.540. The van der Waals surface area contributed by atoms with E-state index in [1.54, 1.807) is 0 Å². The zero-order chi connectivity index (χ0) is 15.0. The number of aliphatic hydroxyl groups excluding tert-OH is 1. The Morgan fingerprint density at radius 1 is 1.10 bits per heavy atom. The number of halogens is 1. The molecule has 1 fully saturated rings. The molecule has 0 unspecified atom stereocenters. The minimum Gasteiger partial charge on any atom is -0.394 e. The highest BCUT2D eigenvalue weighted by Gasteiger charge is 2.47. The first-order chi connectivity index (χ1) is 9.15. The molecular formula is C17H26BrNO. The van der Waals surface area contributed by atoms with Crippen LogP contribution in [0.25, 0.3) is 0 Å². The van der Waals surface area contributed by atoms with Gasteiger partial charge in [-0.3, -0.25) is 0 Å². The van der Waals surface area contributed by atoms with Gasteiger partial charge in [-0.05, 0) is 48.3 Å². The maximum absolute atomic E-state index is 10.1. The molecule has 1 aliphatic rings. The molecule has 1 aliphatic carbocycles. The molecule has 3 heteroatoms. The summed E-state index contributed by atoms with van der Waals surface area (Å²) < 4.78 is 1.06. The van der Waals surface area contributed by atoms with Crippen molar-refractivity contribution in [2.75, 3.05) is 11.9 Å². The molecular weight excluding hydrogens is 314 g/mol. The summed E-state index contributed by atoms with van der Waals surface area (Å²) in [7, 11) is 0. The summed E-state index contributed by atoms with van der Waals surface area (Å²) in [6.45, 7) is 9.40. The van der Waals surface area contributed by atoms with Crippen LogP contribution in [0.1, 0.15) is 47.0 Å². The number of aliphatic hydroxyl groups is 1. The van der Waals surface area contributed by atoms with Crippen molar-refractivity contribution < 1.29 is 5.11 Å². The summed E-state index contributed by atoms with van der Waals surface area (Å²) in [5.74, 6) is 0. The largest absolute Gasteiger partial charge is 0.394 e. The van der Waals surface area contributed by atoms with Crippen LogP contribution in [0.3, 0.4) is 0 Å². The molecule has 2 N–H and O–H groups in total. The van der Waals surface area contributed by atoms with Crippen molar-refractivity contribution in [1.29, 1.82) is 0 Å². The fourth-order valence-electron chi connectivity index (χ4n) is 4.43. The van der Waals surface area contributed by atoms with Gasteiger partial charge in [-0.15, -0.1) is 0 Å². The standard InChI is InChI=1S/C17H26BrNO/c1-15(2)9-16(3,4)11-17(10-15,12-20)19-14-7-5-6-13(18)8-14/h5-8,19-20H,9-12H2,1-4H3. The first-order valence-corrected chi connectivity index (χ1v) is 8.09. The maximum Gasteiger partial charge on any atom is 0.0661 e. The van der Waals surface area contributed by atoms with Gasteiger partial charge >= 0.3 is 0 Å². The van der Waals surface area contributed by atoms with Crippen LogP contribution in [0.4, 0.5) is 5.69 Å². The first-order valence-electron chi connectivity index (χ1n) is 7.30. The van der Waals surface area contributed by atoms with Gasteiger partial charge < -0.3 is 10.4 Å². The smallest absolute Gasteiger partial charge is 0.0661 e. The molecule has 0 amide bonds. The van der Waals surface area contributed by atoms with Gasteiger partial charge in [-0.25, -0.2) is 0 Å². The Bertz CT molecular complexity index is 466. The van der Waals surface area contributed by atoms with Crippen LogP contribution in [0.5, 0.6) is 0 Å². The third-order valence-electron chi connectivity index (χ3n) is 4.13. The highest BCUT2D eigenvalue weighted by molar-refractivity contribution is 9.10. The summed E-state index contributed by atoms with van der Waals surface area (Å²) in [5.41, 5.74) is 1.32. The van der Waals surface area contributed by atoms with Crippen molar-refractivity contribution in [2.45, 2.75) is 52.5 Å². The molecule has 0 saturated heterocycles. The van der Waals surface area contributed by atoms with E-state index in [9.17, 15) is 5.11 Å². The monoisotopic (exact) mass is 339 g/mol. The van der Waals surface area contributed by atoms with Crippen molar-refractivity contribution in [3.8, 4) is 0 Å². The lowest BCUT2D eigenvalue weighted by molar-refractivity contribution is 0.0288. The minimum absolute atomic E-state index is 0.173. The molecule has 0 bridgehead atoms. The summed E-state index contributed by atoms with van der Waals surface area (Å²) in [5, 5.41) is 13.7. The zero-order valence-corrected chi connectivity index (χ0v) is 14.5.